The molecule has 2 aliphatic rings. The van der Waals surface area contributed by atoms with Crippen molar-refractivity contribution in [3.05, 3.63) is 5.82 Å². The molecule has 0 bridgehead atoms. The number of nitrogens with two attached hydrogens (primary N) is 1. The average Bonchev–Trinajstić information content (AvgIpc) is 3.04. The van der Waals surface area contributed by atoms with Crippen LogP contribution in [0.3, 0.4) is 0 Å². The fourth-order valence-electron chi connectivity index (χ4n) is 2.88. The second kappa shape index (κ2) is 9.15. The van der Waals surface area contributed by atoms with Crippen molar-refractivity contribution >= 4 is 47.4 Å². The minimum atomic E-state index is -0.738. The monoisotopic (exact) mass is 397 g/mol. The van der Waals surface area contributed by atoms with E-state index < -0.39 is 5.54 Å². The van der Waals surface area contributed by atoms with E-state index in [1.807, 2.05) is 4.90 Å². The molecule has 1 aromatic rings. The summed E-state index contributed by atoms with van der Waals surface area (Å²) in [6.45, 7) is 6.17. The van der Waals surface area contributed by atoms with Crippen molar-refractivity contribution in [2.75, 3.05) is 44.3 Å². The molecule has 3 heterocycles. The van der Waals surface area contributed by atoms with Crippen LogP contribution < -0.4 is 10.6 Å². The number of rotatable bonds is 3. The highest BCUT2D eigenvalue weighted by atomic mass is 35.5. The van der Waals surface area contributed by atoms with E-state index >= 15 is 0 Å². The first-order valence-corrected chi connectivity index (χ1v) is 8.63. The van der Waals surface area contributed by atoms with Gasteiger partial charge in [0.1, 0.15) is 5.82 Å². The highest BCUT2D eigenvalue weighted by Crippen LogP contribution is 2.23. The molecule has 0 saturated carbocycles. The Bertz CT molecular complexity index is 531. The minimum absolute atomic E-state index is 0. The predicted molar refractivity (Wildman–Crippen MR) is 99.5 cm³/mol. The van der Waals surface area contributed by atoms with Gasteiger partial charge in [0.25, 0.3) is 0 Å². The number of carbonyl (C=O) groups is 1. The Kier molecular flexibility index (Phi) is 8.14. The lowest BCUT2D eigenvalue weighted by atomic mass is 9.89. The number of aromatic nitrogens is 2. The fraction of sp³-hybridized carbons (Fsp3) is 0.786. The van der Waals surface area contributed by atoms with E-state index in [1.165, 1.54) is 11.5 Å². The molecule has 0 radical (unpaired) electrons. The number of carbonyl (C=O) groups excluding carboxylic acids is 1. The van der Waals surface area contributed by atoms with E-state index in [4.69, 9.17) is 10.5 Å². The lowest BCUT2D eigenvalue weighted by Crippen LogP contribution is -2.61. The summed E-state index contributed by atoms with van der Waals surface area (Å²) >= 11 is 1.44. The van der Waals surface area contributed by atoms with E-state index in [2.05, 4.69) is 21.2 Å². The summed E-state index contributed by atoms with van der Waals surface area (Å²) < 4.78 is 9.64. The molecule has 2 saturated heterocycles. The second-order valence-electron chi connectivity index (χ2n) is 5.89. The van der Waals surface area contributed by atoms with E-state index in [-0.39, 0.29) is 30.7 Å². The van der Waals surface area contributed by atoms with Crippen molar-refractivity contribution in [1.82, 2.24) is 14.3 Å². The number of hydrogen-bond acceptors (Lipinski definition) is 7. The van der Waals surface area contributed by atoms with Gasteiger partial charge in [-0.15, -0.1) is 24.8 Å². The molecule has 0 aliphatic carbocycles. The van der Waals surface area contributed by atoms with Gasteiger partial charge >= 0.3 is 0 Å². The summed E-state index contributed by atoms with van der Waals surface area (Å²) in [4.78, 5) is 21.3. The fourth-order valence-corrected chi connectivity index (χ4v) is 3.68. The molecule has 2 aliphatic heterocycles. The zero-order chi connectivity index (χ0) is 15.6. The summed E-state index contributed by atoms with van der Waals surface area (Å²) in [6.07, 6.45) is 2.08. The molecule has 0 unspecified atom stereocenters. The molecule has 3 rings (SSSR count). The third kappa shape index (κ3) is 4.49. The normalized spacial score (nSPS) is 20.1. The van der Waals surface area contributed by atoms with E-state index in [0.717, 1.165) is 30.5 Å². The second-order valence-corrected chi connectivity index (χ2v) is 6.62. The number of hydrogen-bond donors (Lipinski definition) is 1. The SMILES string of the molecule is CCc1nsc(N2CCN(C(=O)C3(N)CCOCC3)CC2)n1.Cl.Cl. The number of halogens is 2. The van der Waals surface area contributed by atoms with Crippen LogP contribution in [-0.2, 0) is 16.0 Å². The predicted octanol–water partition coefficient (Wildman–Crippen LogP) is 1.10. The van der Waals surface area contributed by atoms with Crippen LogP contribution in [-0.4, -0.2) is 65.1 Å². The zero-order valence-electron chi connectivity index (χ0n) is 13.8. The molecule has 1 amide bonds. The number of piperazine rings is 1. The van der Waals surface area contributed by atoms with Crippen LogP contribution in [0.1, 0.15) is 25.6 Å². The van der Waals surface area contributed by atoms with Gasteiger partial charge in [-0.2, -0.15) is 4.37 Å². The number of ether oxygens (including phenoxy) is 1. The lowest BCUT2D eigenvalue weighted by Gasteiger charge is -2.40. The van der Waals surface area contributed by atoms with Crippen molar-refractivity contribution in [1.29, 1.82) is 0 Å². The van der Waals surface area contributed by atoms with Crippen LogP contribution in [0.5, 0.6) is 0 Å². The third-order valence-corrected chi connectivity index (χ3v) is 5.24. The Morgan fingerprint density at radius 2 is 1.88 bits per heavy atom. The van der Waals surface area contributed by atoms with E-state index in [1.54, 1.807) is 0 Å². The molecule has 0 aromatic carbocycles. The zero-order valence-corrected chi connectivity index (χ0v) is 16.2. The minimum Gasteiger partial charge on any atom is -0.381 e. The molecule has 10 heteroatoms. The first-order chi connectivity index (χ1) is 10.6. The number of amides is 1. The van der Waals surface area contributed by atoms with Gasteiger partial charge < -0.3 is 20.3 Å². The highest BCUT2D eigenvalue weighted by Gasteiger charge is 2.39. The molecular formula is C14H25Cl2N5O2S. The van der Waals surface area contributed by atoms with Crippen molar-refractivity contribution < 1.29 is 9.53 Å². The molecule has 2 fully saturated rings. The largest absolute Gasteiger partial charge is 0.381 e. The van der Waals surface area contributed by atoms with Gasteiger partial charge in [0.2, 0.25) is 11.0 Å². The van der Waals surface area contributed by atoms with Crippen LogP contribution in [0.25, 0.3) is 0 Å². The summed E-state index contributed by atoms with van der Waals surface area (Å²) in [5.74, 6) is 0.962. The highest BCUT2D eigenvalue weighted by molar-refractivity contribution is 7.09. The maximum absolute atomic E-state index is 12.7. The number of nitrogens with zero attached hydrogens (tertiary/aromatic N) is 4. The molecule has 1 aromatic heterocycles. The first kappa shape index (κ1) is 21.4. The molecule has 7 nitrogen and oxygen atoms in total. The molecular weight excluding hydrogens is 373 g/mol. The Morgan fingerprint density at radius 1 is 1.25 bits per heavy atom. The standard InChI is InChI=1S/C14H23N5O2S.2ClH/c1-2-11-16-13(22-17-11)19-7-5-18(6-8-19)12(20)14(15)3-9-21-10-4-14;;/h2-10,15H2,1H3;2*1H. The van der Waals surface area contributed by atoms with Crippen LogP contribution in [0.4, 0.5) is 5.13 Å². The van der Waals surface area contributed by atoms with Crippen molar-refractivity contribution in [2.24, 2.45) is 5.73 Å². The van der Waals surface area contributed by atoms with Gasteiger partial charge in [0.05, 0.1) is 5.54 Å². The van der Waals surface area contributed by atoms with E-state index in [9.17, 15) is 4.79 Å². The Hall–Kier alpha value is -0.670. The topological polar surface area (TPSA) is 84.6 Å². The molecule has 2 N–H and O–H groups in total. The van der Waals surface area contributed by atoms with Gasteiger partial charge in [0.15, 0.2) is 0 Å². The Labute approximate surface area is 158 Å². The van der Waals surface area contributed by atoms with Crippen LogP contribution >= 0.6 is 36.3 Å². The molecule has 0 atom stereocenters. The van der Waals surface area contributed by atoms with Gasteiger partial charge in [-0.1, -0.05) is 6.92 Å². The summed E-state index contributed by atoms with van der Waals surface area (Å²) in [7, 11) is 0. The summed E-state index contributed by atoms with van der Waals surface area (Å²) in [5, 5.41) is 0.956. The maximum Gasteiger partial charge on any atom is 0.242 e. The van der Waals surface area contributed by atoms with Gasteiger partial charge in [-0.25, -0.2) is 4.98 Å². The summed E-state index contributed by atoms with van der Waals surface area (Å²) in [5.41, 5.74) is 5.56. The third-order valence-electron chi connectivity index (χ3n) is 4.42. The van der Waals surface area contributed by atoms with Crippen LogP contribution in [0.15, 0.2) is 0 Å². The first-order valence-electron chi connectivity index (χ1n) is 7.86. The molecule has 0 spiro atoms. The van der Waals surface area contributed by atoms with Crippen molar-refractivity contribution in [3.8, 4) is 0 Å². The van der Waals surface area contributed by atoms with Crippen molar-refractivity contribution in [3.63, 3.8) is 0 Å². The van der Waals surface area contributed by atoms with Gasteiger partial charge in [-0.05, 0) is 12.8 Å². The van der Waals surface area contributed by atoms with Crippen LogP contribution in [0.2, 0.25) is 0 Å². The maximum atomic E-state index is 12.7. The van der Waals surface area contributed by atoms with Gasteiger partial charge in [-0.3, -0.25) is 4.79 Å². The average molecular weight is 398 g/mol. The lowest BCUT2D eigenvalue weighted by molar-refractivity contribution is -0.140. The molecule has 24 heavy (non-hydrogen) atoms. The number of aryl methyl sites for hydroxylation is 1. The quantitative estimate of drug-likeness (QED) is 0.821. The Morgan fingerprint density at radius 3 is 2.42 bits per heavy atom. The number of anilines is 1. The van der Waals surface area contributed by atoms with Crippen LogP contribution in [0, 0.1) is 0 Å². The van der Waals surface area contributed by atoms with E-state index in [0.29, 0.717) is 39.1 Å². The Balaban J connectivity index is 0.00000144. The molecule has 138 valence electrons. The smallest absolute Gasteiger partial charge is 0.242 e. The van der Waals surface area contributed by atoms with Gasteiger partial charge in [0, 0.05) is 57.3 Å². The van der Waals surface area contributed by atoms with Crippen molar-refractivity contribution in [2.45, 2.75) is 31.7 Å². The summed E-state index contributed by atoms with van der Waals surface area (Å²) in [6, 6.07) is 0.